The quantitative estimate of drug-likeness (QED) is 0.298. The number of thioether (sulfide) groups is 1. The van der Waals surface area contributed by atoms with Gasteiger partial charge in [-0.15, -0.1) is 11.8 Å². The second-order valence-corrected chi connectivity index (χ2v) is 7.33. The molecule has 1 rings (SSSR count). The topological polar surface area (TPSA) is 74.8 Å². The number of amides is 1. The Morgan fingerprint density at radius 1 is 1.12 bits per heavy atom. The van der Waals surface area contributed by atoms with Gasteiger partial charge in [-0.05, 0) is 45.0 Å². The van der Waals surface area contributed by atoms with E-state index < -0.39 is 11.7 Å². The Bertz CT molecular complexity index is 559. The van der Waals surface area contributed by atoms with Crippen molar-refractivity contribution < 1.29 is 13.9 Å². The van der Waals surface area contributed by atoms with Crippen LogP contribution in [0.1, 0.15) is 20.8 Å². The molecule has 0 fully saturated rings. The number of hydrogen-bond donors (Lipinski definition) is 3. The lowest BCUT2D eigenvalue weighted by atomic mass is 10.2. The van der Waals surface area contributed by atoms with Crippen molar-refractivity contribution in [2.75, 3.05) is 32.4 Å². The van der Waals surface area contributed by atoms with E-state index in [2.05, 4.69) is 20.9 Å². The molecule has 0 saturated carbocycles. The van der Waals surface area contributed by atoms with Gasteiger partial charge in [-0.2, -0.15) is 0 Å². The SMILES string of the molecule is CN=C(NCCNC(=O)OC(C)(C)C)NCCSc1ccc(F)cc1. The average molecular weight is 370 g/mol. The van der Waals surface area contributed by atoms with E-state index in [1.54, 1.807) is 30.9 Å². The van der Waals surface area contributed by atoms with Crippen molar-refractivity contribution >= 4 is 23.8 Å². The van der Waals surface area contributed by atoms with E-state index in [0.29, 0.717) is 25.6 Å². The molecule has 0 aromatic heterocycles. The summed E-state index contributed by atoms with van der Waals surface area (Å²) in [5.74, 6) is 1.25. The molecule has 0 heterocycles. The number of nitrogens with zero attached hydrogens (tertiary/aromatic N) is 1. The fourth-order valence-corrected chi connectivity index (χ4v) is 2.52. The molecule has 0 spiro atoms. The van der Waals surface area contributed by atoms with Gasteiger partial charge >= 0.3 is 6.09 Å². The van der Waals surface area contributed by atoms with Gasteiger partial charge in [-0.1, -0.05) is 0 Å². The van der Waals surface area contributed by atoms with Crippen molar-refractivity contribution in [3.63, 3.8) is 0 Å². The molecular formula is C17H27FN4O2S. The number of rotatable bonds is 7. The molecule has 3 N–H and O–H groups in total. The van der Waals surface area contributed by atoms with E-state index in [-0.39, 0.29) is 5.82 Å². The number of benzene rings is 1. The van der Waals surface area contributed by atoms with Crippen LogP contribution in [0.2, 0.25) is 0 Å². The summed E-state index contributed by atoms with van der Waals surface area (Å²) in [6.45, 7) is 7.13. The molecule has 0 saturated heterocycles. The molecule has 0 aliphatic heterocycles. The third-order valence-corrected chi connectivity index (χ3v) is 3.80. The van der Waals surface area contributed by atoms with Crippen LogP contribution < -0.4 is 16.0 Å². The number of ether oxygens (including phenoxy) is 1. The molecule has 140 valence electrons. The zero-order valence-corrected chi connectivity index (χ0v) is 16.0. The monoisotopic (exact) mass is 370 g/mol. The average Bonchev–Trinajstić information content (AvgIpc) is 2.53. The summed E-state index contributed by atoms with van der Waals surface area (Å²) in [6.07, 6.45) is -0.437. The van der Waals surface area contributed by atoms with Crippen LogP contribution in [0.25, 0.3) is 0 Å². The molecular weight excluding hydrogens is 343 g/mol. The van der Waals surface area contributed by atoms with E-state index in [1.165, 1.54) is 12.1 Å². The standard InChI is InChI=1S/C17H27FN4O2S/c1-17(2,3)24-16(23)22-10-9-20-15(19-4)21-11-12-25-14-7-5-13(18)6-8-14/h5-8H,9-12H2,1-4H3,(H,22,23)(H2,19,20,21). The molecule has 6 nitrogen and oxygen atoms in total. The van der Waals surface area contributed by atoms with E-state index >= 15 is 0 Å². The predicted octanol–water partition coefficient (Wildman–Crippen LogP) is 2.61. The smallest absolute Gasteiger partial charge is 0.407 e. The first-order valence-corrected chi connectivity index (χ1v) is 9.08. The fraction of sp³-hybridized carbons (Fsp3) is 0.529. The molecule has 0 unspecified atom stereocenters. The highest BCUT2D eigenvalue weighted by molar-refractivity contribution is 7.99. The molecule has 1 aromatic rings. The third-order valence-electron chi connectivity index (χ3n) is 2.79. The molecule has 1 amide bonds. The Morgan fingerprint density at radius 3 is 2.32 bits per heavy atom. The van der Waals surface area contributed by atoms with Crippen LogP contribution in [0.3, 0.4) is 0 Å². The maximum Gasteiger partial charge on any atom is 0.407 e. The number of carbonyl (C=O) groups is 1. The van der Waals surface area contributed by atoms with Gasteiger partial charge in [-0.3, -0.25) is 4.99 Å². The predicted molar refractivity (Wildman–Crippen MR) is 101 cm³/mol. The van der Waals surface area contributed by atoms with E-state index in [1.807, 2.05) is 20.8 Å². The summed E-state index contributed by atoms with van der Waals surface area (Å²) in [5, 5.41) is 8.95. The van der Waals surface area contributed by atoms with Crippen molar-refractivity contribution in [2.45, 2.75) is 31.3 Å². The second-order valence-electron chi connectivity index (χ2n) is 6.16. The molecule has 0 radical (unpaired) electrons. The zero-order valence-electron chi connectivity index (χ0n) is 15.2. The Morgan fingerprint density at radius 2 is 1.72 bits per heavy atom. The number of nitrogens with one attached hydrogen (secondary N) is 3. The van der Waals surface area contributed by atoms with Crippen LogP contribution in [-0.4, -0.2) is 50.1 Å². The Balaban J connectivity index is 2.14. The first-order valence-electron chi connectivity index (χ1n) is 8.10. The maximum atomic E-state index is 12.8. The van der Waals surface area contributed by atoms with Crippen molar-refractivity contribution in [2.24, 2.45) is 4.99 Å². The normalized spacial score (nSPS) is 11.8. The maximum absolute atomic E-state index is 12.8. The summed E-state index contributed by atoms with van der Waals surface area (Å²) in [5.41, 5.74) is -0.503. The molecule has 0 atom stereocenters. The van der Waals surface area contributed by atoms with Crippen molar-refractivity contribution in [1.82, 2.24) is 16.0 Å². The number of alkyl carbamates (subject to hydrolysis) is 1. The lowest BCUT2D eigenvalue weighted by molar-refractivity contribution is 0.0529. The van der Waals surface area contributed by atoms with Gasteiger partial charge in [0.05, 0.1) is 0 Å². The lowest BCUT2D eigenvalue weighted by Gasteiger charge is -2.19. The van der Waals surface area contributed by atoms with E-state index in [0.717, 1.165) is 10.6 Å². The number of hydrogen-bond acceptors (Lipinski definition) is 4. The summed E-state index contributed by atoms with van der Waals surface area (Å²) < 4.78 is 18.0. The highest BCUT2D eigenvalue weighted by atomic mass is 32.2. The third kappa shape index (κ3) is 10.5. The summed E-state index contributed by atoms with van der Waals surface area (Å²) in [7, 11) is 1.68. The number of carbonyl (C=O) groups excluding carboxylic acids is 1. The van der Waals surface area contributed by atoms with Gasteiger partial charge in [0.25, 0.3) is 0 Å². The number of halogens is 1. The Kier molecular flexibility index (Phi) is 9.12. The van der Waals surface area contributed by atoms with E-state index in [4.69, 9.17) is 4.74 Å². The van der Waals surface area contributed by atoms with Crippen LogP contribution in [0.15, 0.2) is 34.2 Å². The first kappa shape index (κ1) is 21.1. The minimum absolute atomic E-state index is 0.230. The van der Waals surface area contributed by atoms with Gasteiger partial charge < -0.3 is 20.7 Å². The molecule has 0 aliphatic rings. The van der Waals surface area contributed by atoms with Gasteiger partial charge in [0, 0.05) is 37.3 Å². The molecule has 8 heteroatoms. The van der Waals surface area contributed by atoms with Gasteiger partial charge in [0.2, 0.25) is 0 Å². The summed E-state index contributed by atoms with van der Waals surface area (Å²) in [4.78, 5) is 16.6. The largest absolute Gasteiger partial charge is 0.444 e. The first-order chi connectivity index (χ1) is 11.8. The van der Waals surface area contributed by atoms with Crippen LogP contribution in [-0.2, 0) is 4.74 Å². The molecule has 0 aliphatic carbocycles. The van der Waals surface area contributed by atoms with Crippen molar-refractivity contribution in [3.05, 3.63) is 30.1 Å². The van der Waals surface area contributed by atoms with Crippen LogP contribution in [0.4, 0.5) is 9.18 Å². The Hall–Kier alpha value is -1.96. The number of aliphatic imine (C=N–C) groups is 1. The highest BCUT2D eigenvalue weighted by Gasteiger charge is 2.15. The van der Waals surface area contributed by atoms with Gasteiger partial charge in [0.15, 0.2) is 5.96 Å². The van der Waals surface area contributed by atoms with Crippen LogP contribution in [0, 0.1) is 5.82 Å². The highest BCUT2D eigenvalue weighted by Crippen LogP contribution is 2.17. The van der Waals surface area contributed by atoms with Crippen LogP contribution in [0.5, 0.6) is 0 Å². The zero-order chi connectivity index (χ0) is 18.7. The van der Waals surface area contributed by atoms with Gasteiger partial charge in [0.1, 0.15) is 11.4 Å². The molecule has 0 bridgehead atoms. The minimum Gasteiger partial charge on any atom is -0.444 e. The van der Waals surface area contributed by atoms with Crippen molar-refractivity contribution in [3.8, 4) is 0 Å². The molecule has 1 aromatic carbocycles. The van der Waals surface area contributed by atoms with Gasteiger partial charge in [-0.25, -0.2) is 9.18 Å². The lowest BCUT2D eigenvalue weighted by Crippen LogP contribution is -2.43. The molecule has 25 heavy (non-hydrogen) atoms. The fourth-order valence-electron chi connectivity index (χ4n) is 1.75. The summed E-state index contributed by atoms with van der Waals surface area (Å²) >= 11 is 1.63. The van der Waals surface area contributed by atoms with Crippen molar-refractivity contribution in [1.29, 1.82) is 0 Å². The second kappa shape index (κ2) is 10.8. The summed E-state index contributed by atoms with van der Waals surface area (Å²) in [6, 6.07) is 6.42. The minimum atomic E-state index is -0.503. The van der Waals surface area contributed by atoms with Crippen LogP contribution >= 0.6 is 11.8 Å². The van der Waals surface area contributed by atoms with E-state index in [9.17, 15) is 9.18 Å². The Labute approximate surface area is 153 Å². The number of guanidine groups is 1.